The lowest BCUT2D eigenvalue weighted by molar-refractivity contribution is 0.0550. The van der Waals surface area contributed by atoms with E-state index in [0.29, 0.717) is 29.7 Å². The molecule has 0 spiro atoms. The van der Waals surface area contributed by atoms with E-state index in [9.17, 15) is 13.6 Å². The minimum absolute atomic E-state index is 0.0983. The number of carbonyl (C=O) groups excluding carboxylic acids is 1. The zero-order valence-corrected chi connectivity index (χ0v) is 14.5. The molecule has 0 N–H and O–H groups in total. The number of fused-ring (bicyclic) bond motifs is 4. The zero-order chi connectivity index (χ0) is 18.1. The summed E-state index contributed by atoms with van der Waals surface area (Å²) in [5.74, 6) is 0.168. The summed E-state index contributed by atoms with van der Waals surface area (Å²) in [5, 5.41) is 3.73. The normalized spacial score (nSPS) is 23.4. The van der Waals surface area contributed by atoms with Gasteiger partial charge in [-0.15, -0.1) is 0 Å². The molecule has 0 radical (unpaired) electrons. The minimum Gasteiger partial charge on any atom is -0.335 e. The molecule has 3 fully saturated rings. The van der Waals surface area contributed by atoms with Gasteiger partial charge in [0.15, 0.2) is 5.69 Å². The number of alkyl halides is 2. The fraction of sp³-hybridized carbons (Fsp3) is 0.474. The van der Waals surface area contributed by atoms with E-state index in [1.165, 1.54) is 11.6 Å². The lowest BCUT2D eigenvalue weighted by atomic mass is 9.94. The molecule has 2 bridgehead atoms. The summed E-state index contributed by atoms with van der Waals surface area (Å²) in [6.45, 7) is 0.420. The summed E-state index contributed by atoms with van der Waals surface area (Å²) >= 11 is 0. The molecule has 26 heavy (non-hydrogen) atoms. The number of aromatic nitrogens is 2. The fourth-order valence-electron chi connectivity index (χ4n) is 4.08. The molecule has 5 rings (SSSR count). The van der Waals surface area contributed by atoms with E-state index < -0.39 is 6.55 Å². The summed E-state index contributed by atoms with van der Waals surface area (Å²) in [7, 11) is 0. The van der Waals surface area contributed by atoms with Crippen molar-refractivity contribution in [1.29, 1.82) is 0 Å². The van der Waals surface area contributed by atoms with Crippen LogP contribution in [0.2, 0.25) is 0 Å². The van der Waals surface area contributed by atoms with E-state index >= 15 is 0 Å². The Kier molecular flexibility index (Phi) is 4.72. The van der Waals surface area contributed by atoms with Crippen molar-refractivity contribution in [3.63, 3.8) is 0 Å². The first-order chi connectivity index (χ1) is 12.6. The van der Waals surface area contributed by atoms with Gasteiger partial charge in [-0.1, -0.05) is 30.3 Å². The van der Waals surface area contributed by atoms with Gasteiger partial charge >= 0.3 is 6.55 Å². The third-order valence-corrected chi connectivity index (χ3v) is 5.37. The van der Waals surface area contributed by atoms with Crippen molar-refractivity contribution in [2.24, 2.45) is 5.92 Å². The molecule has 0 unspecified atom stereocenters. The van der Waals surface area contributed by atoms with Crippen LogP contribution in [-0.2, 0) is 6.54 Å². The maximum atomic E-state index is 12.8. The molecule has 4 heterocycles. The van der Waals surface area contributed by atoms with Crippen molar-refractivity contribution < 1.29 is 13.6 Å². The van der Waals surface area contributed by atoms with Gasteiger partial charge in [-0.3, -0.25) is 9.69 Å². The highest BCUT2D eigenvalue weighted by Crippen LogP contribution is 2.30. The standard InChI is InChI=1S/C19H22F2N4O/c20-19(21)25-9-8-17(22-25)18(26)24-12-15-6-7-16(13-24)23(11-15)10-14-4-2-1-3-5-14/h1-5,8-9,15-16,19H,6-7,10-13H2/t15-,16-/m1/s1. The molecular weight excluding hydrogens is 338 g/mol. The quantitative estimate of drug-likeness (QED) is 0.842. The van der Waals surface area contributed by atoms with E-state index in [1.807, 2.05) is 18.2 Å². The van der Waals surface area contributed by atoms with E-state index in [4.69, 9.17) is 0 Å². The molecule has 0 saturated carbocycles. The van der Waals surface area contributed by atoms with Gasteiger partial charge in [0.25, 0.3) is 5.91 Å². The molecule has 3 aliphatic rings. The Bertz CT molecular complexity index is 764. The number of benzene rings is 1. The number of hydrogen-bond donors (Lipinski definition) is 0. The maximum absolute atomic E-state index is 12.8. The number of piperidine rings is 1. The molecule has 5 nitrogen and oxygen atoms in total. The van der Waals surface area contributed by atoms with Crippen LogP contribution in [0.25, 0.3) is 0 Å². The molecule has 0 aliphatic carbocycles. The van der Waals surface area contributed by atoms with E-state index in [2.05, 4.69) is 22.1 Å². The molecule has 3 aliphatic heterocycles. The van der Waals surface area contributed by atoms with Crippen LogP contribution >= 0.6 is 0 Å². The first-order valence-electron chi connectivity index (χ1n) is 9.00. The predicted molar refractivity (Wildman–Crippen MR) is 92.7 cm³/mol. The summed E-state index contributed by atoms with van der Waals surface area (Å²) in [6, 6.07) is 12.0. The van der Waals surface area contributed by atoms with Gasteiger partial charge in [0.05, 0.1) is 0 Å². The molecule has 1 aromatic carbocycles. The average Bonchev–Trinajstić information content (AvgIpc) is 2.97. The van der Waals surface area contributed by atoms with Crippen molar-refractivity contribution in [3.8, 4) is 0 Å². The number of amides is 1. The third kappa shape index (κ3) is 3.49. The second-order valence-corrected chi connectivity index (χ2v) is 7.18. The molecule has 3 saturated heterocycles. The molecular formula is C19H22F2N4O. The summed E-state index contributed by atoms with van der Waals surface area (Å²) in [6.07, 6.45) is 3.32. The van der Waals surface area contributed by atoms with E-state index in [1.54, 1.807) is 4.90 Å². The largest absolute Gasteiger partial charge is 0.335 e. The van der Waals surface area contributed by atoms with Crippen LogP contribution in [0.5, 0.6) is 0 Å². The van der Waals surface area contributed by atoms with Crippen LogP contribution in [0.1, 0.15) is 35.4 Å². The summed E-state index contributed by atoms with van der Waals surface area (Å²) in [5.41, 5.74) is 1.37. The minimum atomic E-state index is -2.72. The van der Waals surface area contributed by atoms with Gasteiger partial charge in [0, 0.05) is 38.4 Å². The van der Waals surface area contributed by atoms with Crippen LogP contribution in [0.4, 0.5) is 8.78 Å². The van der Waals surface area contributed by atoms with Gasteiger partial charge in [0.1, 0.15) is 0 Å². The van der Waals surface area contributed by atoms with Gasteiger partial charge in [-0.25, -0.2) is 4.68 Å². The van der Waals surface area contributed by atoms with Gasteiger partial charge in [-0.2, -0.15) is 13.9 Å². The lowest BCUT2D eigenvalue weighted by Crippen LogP contribution is -2.43. The van der Waals surface area contributed by atoms with Crippen molar-refractivity contribution in [2.45, 2.75) is 32.0 Å². The summed E-state index contributed by atoms with van der Waals surface area (Å²) in [4.78, 5) is 17.0. The number of nitrogens with zero attached hydrogens (tertiary/aromatic N) is 4. The van der Waals surface area contributed by atoms with Crippen molar-refractivity contribution in [2.75, 3.05) is 19.6 Å². The highest BCUT2D eigenvalue weighted by atomic mass is 19.3. The Morgan fingerprint density at radius 3 is 2.65 bits per heavy atom. The van der Waals surface area contributed by atoms with Gasteiger partial charge < -0.3 is 4.90 Å². The van der Waals surface area contributed by atoms with Gasteiger partial charge in [-0.05, 0) is 30.4 Å². The number of carbonyl (C=O) groups is 1. The fourth-order valence-corrected chi connectivity index (χ4v) is 4.08. The first kappa shape index (κ1) is 17.1. The second-order valence-electron chi connectivity index (χ2n) is 7.18. The average molecular weight is 360 g/mol. The lowest BCUT2D eigenvalue weighted by Gasteiger charge is -2.36. The number of rotatable bonds is 4. The second kappa shape index (κ2) is 7.15. The Labute approximate surface area is 151 Å². The van der Waals surface area contributed by atoms with E-state index in [-0.39, 0.29) is 11.6 Å². The van der Waals surface area contributed by atoms with Crippen LogP contribution in [0.15, 0.2) is 42.6 Å². The first-order valence-corrected chi connectivity index (χ1v) is 9.00. The van der Waals surface area contributed by atoms with Crippen molar-refractivity contribution in [1.82, 2.24) is 19.6 Å². The van der Waals surface area contributed by atoms with Crippen molar-refractivity contribution in [3.05, 3.63) is 53.9 Å². The smallest absolute Gasteiger partial charge is 0.333 e. The Morgan fingerprint density at radius 2 is 1.92 bits per heavy atom. The van der Waals surface area contributed by atoms with E-state index in [0.717, 1.165) is 32.1 Å². The number of halogens is 2. The molecule has 2 atom stereocenters. The molecule has 138 valence electrons. The maximum Gasteiger partial charge on any atom is 0.333 e. The van der Waals surface area contributed by atoms with Crippen LogP contribution < -0.4 is 0 Å². The zero-order valence-electron chi connectivity index (χ0n) is 14.5. The molecule has 2 aromatic rings. The van der Waals surface area contributed by atoms with Gasteiger partial charge in [0.2, 0.25) is 0 Å². The van der Waals surface area contributed by atoms with Crippen molar-refractivity contribution >= 4 is 5.91 Å². The summed E-state index contributed by atoms with van der Waals surface area (Å²) < 4.78 is 26.0. The SMILES string of the molecule is O=C(c1ccn(C(F)F)n1)N1C[C@@H]2CC[C@H](C1)N(Cc1ccccc1)C2. The molecule has 7 heteroatoms. The highest BCUT2D eigenvalue weighted by Gasteiger charge is 2.37. The third-order valence-electron chi connectivity index (χ3n) is 5.37. The predicted octanol–water partition coefficient (Wildman–Crippen LogP) is 3.01. The Morgan fingerprint density at radius 1 is 1.12 bits per heavy atom. The molecule has 1 aromatic heterocycles. The van der Waals surface area contributed by atoms with Crippen LogP contribution in [0, 0.1) is 5.92 Å². The Hall–Kier alpha value is -2.28. The number of hydrogen-bond acceptors (Lipinski definition) is 3. The Balaban J connectivity index is 1.47. The van der Waals surface area contributed by atoms with Crippen LogP contribution in [-0.4, -0.2) is 51.2 Å². The monoisotopic (exact) mass is 360 g/mol. The topological polar surface area (TPSA) is 41.4 Å². The highest BCUT2D eigenvalue weighted by molar-refractivity contribution is 5.92. The van der Waals surface area contributed by atoms with Crippen LogP contribution in [0.3, 0.4) is 0 Å². The molecule has 1 amide bonds.